The van der Waals surface area contributed by atoms with Crippen molar-refractivity contribution in [2.75, 3.05) is 26.5 Å². The first-order valence-corrected chi connectivity index (χ1v) is 8.94. The number of rotatable bonds is 6. The van der Waals surface area contributed by atoms with Crippen LogP contribution in [-0.4, -0.2) is 26.7 Å². The Morgan fingerprint density at radius 2 is 1.69 bits per heavy atom. The molecule has 5 heteroatoms. The van der Waals surface area contributed by atoms with Gasteiger partial charge in [0.25, 0.3) is 5.91 Å². The third kappa shape index (κ3) is 3.62. The van der Waals surface area contributed by atoms with E-state index in [9.17, 15) is 4.79 Å². The fourth-order valence-corrected chi connectivity index (χ4v) is 3.77. The average Bonchev–Trinajstić information content (AvgIpc) is 3.16. The Hall–Kier alpha value is -2.69. The molecule has 3 N–H and O–H groups in total. The van der Waals surface area contributed by atoms with Crippen molar-refractivity contribution >= 4 is 11.6 Å². The van der Waals surface area contributed by atoms with Gasteiger partial charge in [-0.3, -0.25) is 4.79 Å². The molecule has 0 aromatic heterocycles. The van der Waals surface area contributed by atoms with Crippen LogP contribution in [0.4, 0.5) is 5.69 Å². The Kier molecular flexibility index (Phi) is 5.35. The van der Waals surface area contributed by atoms with Crippen LogP contribution in [0.1, 0.15) is 41.6 Å². The van der Waals surface area contributed by atoms with Crippen molar-refractivity contribution in [2.24, 2.45) is 0 Å². The van der Waals surface area contributed by atoms with E-state index in [1.165, 1.54) is 5.56 Å². The molecular weight excluding hydrogens is 328 g/mol. The summed E-state index contributed by atoms with van der Waals surface area (Å²) in [7, 11) is 3.28. The van der Waals surface area contributed by atoms with Gasteiger partial charge in [0.1, 0.15) is 0 Å². The van der Waals surface area contributed by atoms with E-state index in [4.69, 9.17) is 15.2 Å². The highest BCUT2D eigenvalue weighted by Crippen LogP contribution is 2.43. The minimum absolute atomic E-state index is 0.0664. The van der Waals surface area contributed by atoms with E-state index in [2.05, 4.69) is 11.4 Å². The van der Waals surface area contributed by atoms with Crippen LogP contribution in [-0.2, 0) is 5.41 Å². The molecule has 0 atom stereocenters. The smallest absolute Gasteiger partial charge is 0.251 e. The molecule has 1 aliphatic rings. The summed E-state index contributed by atoms with van der Waals surface area (Å²) in [5, 5.41) is 3.11. The number of methoxy groups -OCH3 is 2. The molecule has 0 aliphatic heterocycles. The molecular formula is C21H26N2O3. The third-order valence-electron chi connectivity index (χ3n) is 5.32. The van der Waals surface area contributed by atoms with Gasteiger partial charge >= 0.3 is 0 Å². The van der Waals surface area contributed by atoms with Gasteiger partial charge in [-0.05, 0) is 54.8 Å². The van der Waals surface area contributed by atoms with E-state index < -0.39 is 0 Å². The summed E-state index contributed by atoms with van der Waals surface area (Å²) in [6, 6.07) is 13.1. The maximum atomic E-state index is 12.5. The molecule has 138 valence electrons. The van der Waals surface area contributed by atoms with E-state index in [-0.39, 0.29) is 11.3 Å². The SMILES string of the molecule is COc1ccc(C2(CNC(=O)c3ccc(N)cc3)CCCC2)cc1OC. The van der Waals surface area contributed by atoms with E-state index in [0.717, 1.165) is 37.2 Å². The summed E-state index contributed by atoms with van der Waals surface area (Å²) in [4.78, 5) is 12.5. The zero-order valence-corrected chi connectivity index (χ0v) is 15.4. The van der Waals surface area contributed by atoms with Gasteiger partial charge in [-0.2, -0.15) is 0 Å². The molecule has 1 aliphatic carbocycles. The summed E-state index contributed by atoms with van der Waals surface area (Å²) in [5.74, 6) is 1.37. The molecule has 5 nitrogen and oxygen atoms in total. The summed E-state index contributed by atoms with van der Waals surface area (Å²) < 4.78 is 10.8. The number of nitrogen functional groups attached to an aromatic ring is 1. The summed E-state index contributed by atoms with van der Waals surface area (Å²) in [5.41, 5.74) is 8.09. The van der Waals surface area contributed by atoms with Crippen molar-refractivity contribution in [3.8, 4) is 11.5 Å². The van der Waals surface area contributed by atoms with Crippen LogP contribution < -0.4 is 20.5 Å². The Labute approximate surface area is 154 Å². The van der Waals surface area contributed by atoms with Gasteiger partial charge in [0.2, 0.25) is 0 Å². The van der Waals surface area contributed by atoms with Crippen LogP contribution in [0.5, 0.6) is 11.5 Å². The topological polar surface area (TPSA) is 73.6 Å². The number of hydrogen-bond donors (Lipinski definition) is 2. The number of benzene rings is 2. The van der Waals surface area contributed by atoms with Gasteiger partial charge in [-0.15, -0.1) is 0 Å². The molecule has 26 heavy (non-hydrogen) atoms. The maximum absolute atomic E-state index is 12.5. The minimum Gasteiger partial charge on any atom is -0.493 e. The average molecular weight is 354 g/mol. The van der Waals surface area contributed by atoms with Crippen molar-refractivity contribution < 1.29 is 14.3 Å². The molecule has 3 rings (SSSR count). The van der Waals surface area contributed by atoms with Crippen molar-refractivity contribution in [3.63, 3.8) is 0 Å². The molecule has 1 saturated carbocycles. The number of carbonyl (C=O) groups is 1. The number of ether oxygens (including phenoxy) is 2. The van der Waals surface area contributed by atoms with E-state index in [0.29, 0.717) is 17.8 Å². The Morgan fingerprint density at radius 1 is 1.04 bits per heavy atom. The number of anilines is 1. The molecule has 1 fully saturated rings. The Morgan fingerprint density at radius 3 is 2.31 bits per heavy atom. The van der Waals surface area contributed by atoms with Crippen molar-refractivity contribution in [3.05, 3.63) is 53.6 Å². The molecule has 1 amide bonds. The first-order chi connectivity index (χ1) is 12.6. The highest BCUT2D eigenvalue weighted by Gasteiger charge is 2.36. The molecule has 0 spiro atoms. The molecule has 2 aromatic carbocycles. The summed E-state index contributed by atoms with van der Waals surface area (Å²) >= 11 is 0. The fourth-order valence-electron chi connectivity index (χ4n) is 3.77. The second kappa shape index (κ2) is 7.68. The van der Waals surface area contributed by atoms with Gasteiger partial charge in [0.15, 0.2) is 11.5 Å². The lowest BCUT2D eigenvalue weighted by Crippen LogP contribution is -2.39. The normalized spacial score (nSPS) is 15.5. The summed E-state index contributed by atoms with van der Waals surface area (Å²) in [6.07, 6.45) is 4.41. The number of nitrogens with two attached hydrogens (primary N) is 1. The predicted molar refractivity (Wildman–Crippen MR) is 103 cm³/mol. The monoisotopic (exact) mass is 354 g/mol. The lowest BCUT2D eigenvalue weighted by atomic mass is 9.78. The minimum atomic E-state index is -0.0725. The van der Waals surface area contributed by atoms with Gasteiger partial charge in [-0.1, -0.05) is 18.9 Å². The van der Waals surface area contributed by atoms with E-state index in [1.807, 2.05) is 12.1 Å². The first-order valence-electron chi connectivity index (χ1n) is 8.94. The van der Waals surface area contributed by atoms with Crippen LogP contribution >= 0.6 is 0 Å². The lowest BCUT2D eigenvalue weighted by Gasteiger charge is -2.30. The van der Waals surface area contributed by atoms with Gasteiger partial charge in [-0.25, -0.2) is 0 Å². The van der Waals surface area contributed by atoms with E-state index in [1.54, 1.807) is 38.5 Å². The van der Waals surface area contributed by atoms with Crippen molar-refractivity contribution in [2.45, 2.75) is 31.1 Å². The van der Waals surface area contributed by atoms with Crippen LogP contribution in [0.25, 0.3) is 0 Å². The zero-order chi connectivity index (χ0) is 18.6. The lowest BCUT2D eigenvalue weighted by molar-refractivity contribution is 0.0943. The van der Waals surface area contributed by atoms with Crippen molar-refractivity contribution in [1.82, 2.24) is 5.32 Å². The second-order valence-corrected chi connectivity index (χ2v) is 6.86. The van der Waals surface area contributed by atoms with Crippen LogP contribution in [0.2, 0.25) is 0 Å². The number of amides is 1. The molecule has 0 heterocycles. The highest BCUT2D eigenvalue weighted by atomic mass is 16.5. The van der Waals surface area contributed by atoms with E-state index >= 15 is 0 Å². The first kappa shape index (κ1) is 18.1. The van der Waals surface area contributed by atoms with Crippen molar-refractivity contribution in [1.29, 1.82) is 0 Å². The zero-order valence-electron chi connectivity index (χ0n) is 15.4. The third-order valence-corrected chi connectivity index (χ3v) is 5.32. The van der Waals surface area contributed by atoms with Gasteiger partial charge in [0.05, 0.1) is 14.2 Å². The predicted octanol–water partition coefficient (Wildman–Crippen LogP) is 3.53. The molecule has 0 bridgehead atoms. The standard InChI is InChI=1S/C21H26N2O3/c1-25-18-10-7-16(13-19(18)26-2)21(11-3-4-12-21)14-23-20(24)15-5-8-17(22)9-6-15/h5-10,13H,3-4,11-12,14,22H2,1-2H3,(H,23,24). The maximum Gasteiger partial charge on any atom is 0.251 e. The fraction of sp³-hybridized carbons (Fsp3) is 0.381. The Balaban J connectivity index is 1.80. The number of nitrogens with one attached hydrogen (secondary N) is 1. The van der Waals surface area contributed by atoms with Gasteiger partial charge in [0, 0.05) is 23.2 Å². The molecule has 0 unspecified atom stereocenters. The Bertz CT molecular complexity index is 765. The largest absolute Gasteiger partial charge is 0.493 e. The second-order valence-electron chi connectivity index (χ2n) is 6.86. The van der Waals surface area contributed by atoms with Crippen LogP contribution in [0.3, 0.4) is 0 Å². The molecule has 0 radical (unpaired) electrons. The van der Waals surface area contributed by atoms with Crippen LogP contribution in [0, 0.1) is 0 Å². The highest BCUT2D eigenvalue weighted by molar-refractivity contribution is 5.94. The van der Waals surface area contributed by atoms with Crippen LogP contribution in [0.15, 0.2) is 42.5 Å². The molecule has 0 saturated heterocycles. The quantitative estimate of drug-likeness (QED) is 0.779. The molecule has 2 aromatic rings. The number of carbonyl (C=O) groups excluding carboxylic acids is 1. The van der Waals surface area contributed by atoms with Gasteiger partial charge < -0.3 is 20.5 Å². The summed E-state index contributed by atoms with van der Waals surface area (Å²) in [6.45, 7) is 0.603. The number of hydrogen-bond acceptors (Lipinski definition) is 4.